The summed E-state index contributed by atoms with van der Waals surface area (Å²) < 4.78 is 4.92. The number of hydrogen-bond acceptors (Lipinski definition) is 6. The fraction of sp³-hybridized carbons (Fsp3) is 0.533. The minimum Gasteiger partial charge on any atom is -0.451 e. The van der Waals surface area contributed by atoms with Crippen LogP contribution in [0.4, 0.5) is 4.79 Å². The number of primary amides is 1. The number of allylic oxidation sites excluding steroid dienone is 2. The molecule has 24 heavy (non-hydrogen) atoms. The Bertz CT molecular complexity index is 603. The Morgan fingerprint density at radius 2 is 1.67 bits per heavy atom. The SMILES string of the molecule is C[C@@H](OC(=O)[C@H](C)N1C(=O)[C@H]2CC=CC[C@H]2C1=O)C(=O)NC(N)=O. The highest BCUT2D eigenvalue weighted by Crippen LogP contribution is 2.36. The van der Waals surface area contributed by atoms with Crippen LogP contribution in [0.15, 0.2) is 12.2 Å². The third kappa shape index (κ3) is 3.29. The van der Waals surface area contributed by atoms with Gasteiger partial charge in [0.2, 0.25) is 11.8 Å². The molecule has 3 N–H and O–H groups in total. The van der Waals surface area contributed by atoms with E-state index in [1.165, 1.54) is 13.8 Å². The first kappa shape index (κ1) is 17.6. The molecule has 1 heterocycles. The van der Waals surface area contributed by atoms with Crippen LogP contribution < -0.4 is 11.1 Å². The third-order valence-electron chi connectivity index (χ3n) is 4.18. The second-order valence-electron chi connectivity index (χ2n) is 5.81. The molecule has 0 aromatic heterocycles. The molecule has 1 aliphatic carbocycles. The Kier molecular flexibility index (Phi) is 5.01. The largest absolute Gasteiger partial charge is 0.451 e. The number of urea groups is 1. The van der Waals surface area contributed by atoms with E-state index in [9.17, 15) is 24.0 Å². The standard InChI is InChI=1S/C15H19N3O6/c1-7(14(22)24-8(2)11(19)17-15(16)23)18-12(20)9-5-3-4-6-10(9)13(18)21/h3-4,7-10H,5-6H2,1-2H3,(H3,16,17,19,23)/t7-,8+,9-,10+/m0/s1. The highest BCUT2D eigenvalue weighted by molar-refractivity contribution is 6.08. The maximum Gasteiger partial charge on any atom is 0.329 e. The summed E-state index contributed by atoms with van der Waals surface area (Å²) >= 11 is 0. The maximum atomic E-state index is 12.4. The Morgan fingerprint density at radius 1 is 1.17 bits per heavy atom. The van der Waals surface area contributed by atoms with Crippen LogP contribution in [0.3, 0.4) is 0 Å². The van der Waals surface area contributed by atoms with Gasteiger partial charge in [-0.2, -0.15) is 0 Å². The van der Waals surface area contributed by atoms with Crippen LogP contribution in [0.2, 0.25) is 0 Å². The number of rotatable bonds is 4. The van der Waals surface area contributed by atoms with Gasteiger partial charge in [0.15, 0.2) is 6.10 Å². The molecule has 1 saturated heterocycles. The summed E-state index contributed by atoms with van der Waals surface area (Å²) in [6.45, 7) is 2.61. The van der Waals surface area contributed by atoms with Gasteiger partial charge in [-0.15, -0.1) is 0 Å². The zero-order valence-electron chi connectivity index (χ0n) is 13.4. The Labute approximate surface area is 138 Å². The lowest BCUT2D eigenvalue weighted by Gasteiger charge is -2.23. The van der Waals surface area contributed by atoms with Crippen LogP contribution in [-0.4, -0.2) is 46.8 Å². The van der Waals surface area contributed by atoms with E-state index < -0.39 is 53.7 Å². The summed E-state index contributed by atoms with van der Waals surface area (Å²) in [7, 11) is 0. The lowest BCUT2D eigenvalue weighted by molar-refractivity contribution is -0.163. The predicted molar refractivity (Wildman–Crippen MR) is 79.9 cm³/mol. The molecule has 1 fully saturated rings. The number of hydrogen-bond donors (Lipinski definition) is 2. The molecule has 0 aromatic carbocycles. The van der Waals surface area contributed by atoms with Gasteiger partial charge in [0.05, 0.1) is 11.8 Å². The first-order valence-electron chi connectivity index (χ1n) is 7.56. The molecule has 0 aromatic rings. The predicted octanol–water partition coefficient (Wildman–Crippen LogP) is -0.547. The molecular formula is C15H19N3O6. The minimum atomic E-state index is -1.29. The summed E-state index contributed by atoms with van der Waals surface area (Å²) in [4.78, 5) is 60.0. The van der Waals surface area contributed by atoms with Crippen molar-refractivity contribution in [3.05, 3.63) is 12.2 Å². The maximum absolute atomic E-state index is 12.4. The number of fused-ring (bicyclic) bond motifs is 1. The van der Waals surface area contributed by atoms with Gasteiger partial charge in [-0.25, -0.2) is 9.59 Å². The molecule has 9 nitrogen and oxygen atoms in total. The van der Waals surface area contributed by atoms with E-state index in [0.29, 0.717) is 12.8 Å². The Morgan fingerprint density at radius 3 is 2.12 bits per heavy atom. The zero-order chi connectivity index (χ0) is 18.0. The molecule has 0 bridgehead atoms. The molecule has 130 valence electrons. The fourth-order valence-electron chi connectivity index (χ4n) is 2.86. The number of nitrogens with zero attached hydrogens (tertiary/aromatic N) is 1. The molecule has 9 heteroatoms. The van der Waals surface area contributed by atoms with Crippen LogP contribution in [0.1, 0.15) is 26.7 Å². The van der Waals surface area contributed by atoms with E-state index in [0.717, 1.165) is 4.90 Å². The van der Waals surface area contributed by atoms with Crippen molar-refractivity contribution in [2.45, 2.75) is 38.8 Å². The third-order valence-corrected chi connectivity index (χ3v) is 4.18. The number of imide groups is 2. The molecule has 2 rings (SSSR count). The van der Waals surface area contributed by atoms with Crippen molar-refractivity contribution < 1.29 is 28.7 Å². The first-order valence-corrected chi connectivity index (χ1v) is 7.56. The van der Waals surface area contributed by atoms with E-state index in [-0.39, 0.29) is 0 Å². The molecule has 0 saturated carbocycles. The number of esters is 1. The lowest BCUT2D eigenvalue weighted by Crippen LogP contribution is -2.47. The van der Waals surface area contributed by atoms with E-state index in [1.807, 2.05) is 12.2 Å². The van der Waals surface area contributed by atoms with Gasteiger partial charge in [-0.3, -0.25) is 24.6 Å². The van der Waals surface area contributed by atoms with E-state index >= 15 is 0 Å². The smallest absolute Gasteiger partial charge is 0.329 e. The average Bonchev–Trinajstić information content (AvgIpc) is 2.78. The van der Waals surface area contributed by atoms with Crippen molar-refractivity contribution in [1.82, 2.24) is 10.2 Å². The van der Waals surface area contributed by atoms with Crippen LogP contribution >= 0.6 is 0 Å². The number of amides is 5. The number of likely N-dealkylation sites (tertiary alicyclic amines) is 1. The van der Waals surface area contributed by atoms with Gasteiger partial charge in [-0.05, 0) is 26.7 Å². The van der Waals surface area contributed by atoms with Crippen molar-refractivity contribution in [2.75, 3.05) is 0 Å². The molecule has 1 aliphatic heterocycles. The zero-order valence-corrected chi connectivity index (χ0v) is 13.4. The van der Waals surface area contributed by atoms with E-state index in [1.54, 1.807) is 5.32 Å². The van der Waals surface area contributed by atoms with Crippen molar-refractivity contribution in [2.24, 2.45) is 17.6 Å². The quantitative estimate of drug-likeness (QED) is 0.401. The minimum absolute atomic E-state index is 0.409. The second-order valence-corrected chi connectivity index (χ2v) is 5.81. The number of carbonyl (C=O) groups is 5. The second kappa shape index (κ2) is 6.81. The van der Waals surface area contributed by atoms with Crippen LogP contribution in [0, 0.1) is 11.8 Å². The van der Waals surface area contributed by atoms with Crippen molar-refractivity contribution >= 4 is 29.7 Å². The number of nitrogens with two attached hydrogens (primary N) is 1. The highest BCUT2D eigenvalue weighted by atomic mass is 16.5. The van der Waals surface area contributed by atoms with Gasteiger partial charge in [0, 0.05) is 0 Å². The fourth-order valence-corrected chi connectivity index (χ4v) is 2.86. The van der Waals surface area contributed by atoms with Crippen LogP contribution in [0.5, 0.6) is 0 Å². The van der Waals surface area contributed by atoms with Crippen molar-refractivity contribution in [1.29, 1.82) is 0 Å². The van der Waals surface area contributed by atoms with Crippen molar-refractivity contribution in [3.63, 3.8) is 0 Å². The summed E-state index contributed by atoms with van der Waals surface area (Å²) in [5, 5.41) is 1.78. The molecule has 4 atom stereocenters. The summed E-state index contributed by atoms with van der Waals surface area (Å²) in [5.41, 5.74) is 4.81. The van der Waals surface area contributed by atoms with Crippen LogP contribution in [0.25, 0.3) is 0 Å². The summed E-state index contributed by atoms with van der Waals surface area (Å²) in [5.74, 6) is -3.52. The molecule has 0 spiro atoms. The monoisotopic (exact) mass is 337 g/mol. The topological polar surface area (TPSA) is 136 Å². The molecule has 2 aliphatic rings. The summed E-state index contributed by atoms with van der Waals surface area (Å²) in [6, 6.07) is -2.23. The van der Waals surface area contributed by atoms with E-state index in [4.69, 9.17) is 10.5 Å². The molecule has 0 unspecified atom stereocenters. The van der Waals surface area contributed by atoms with Gasteiger partial charge in [0.1, 0.15) is 6.04 Å². The molecule has 5 amide bonds. The normalized spacial score (nSPS) is 25.0. The van der Waals surface area contributed by atoms with Gasteiger partial charge in [0.25, 0.3) is 5.91 Å². The molecule has 0 radical (unpaired) electrons. The Balaban J connectivity index is 2.03. The van der Waals surface area contributed by atoms with E-state index in [2.05, 4.69) is 0 Å². The lowest BCUT2D eigenvalue weighted by atomic mass is 9.85. The summed E-state index contributed by atoms with van der Waals surface area (Å²) in [6.07, 6.45) is 3.32. The van der Waals surface area contributed by atoms with Gasteiger partial charge in [-0.1, -0.05) is 12.2 Å². The van der Waals surface area contributed by atoms with Gasteiger partial charge >= 0.3 is 12.0 Å². The first-order chi connectivity index (χ1) is 11.2. The van der Waals surface area contributed by atoms with Crippen LogP contribution in [-0.2, 0) is 23.9 Å². The Hall–Kier alpha value is -2.71. The molecular weight excluding hydrogens is 318 g/mol. The van der Waals surface area contributed by atoms with Crippen molar-refractivity contribution in [3.8, 4) is 0 Å². The average molecular weight is 337 g/mol. The number of nitrogens with one attached hydrogen (secondary N) is 1. The van der Waals surface area contributed by atoms with Gasteiger partial charge < -0.3 is 10.5 Å². The highest BCUT2D eigenvalue weighted by Gasteiger charge is 2.50. The number of ether oxygens (including phenoxy) is 1. The number of carbonyl (C=O) groups excluding carboxylic acids is 5.